The summed E-state index contributed by atoms with van der Waals surface area (Å²) < 4.78 is 33.0. The molecular formula is C24H24ClN3O5S. The van der Waals surface area contributed by atoms with Crippen molar-refractivity contribution >= 4 is 39.4 Å². The zero-order chi connectivity index (χ0) is 24.9. The summed E-state index contributed by atoms with van der Waals surface area (Å²) in [6.07, 6.45) is 1.24. The molecule has 0 radical (unpaired) electrons. The number of rotatable bonds is 8. The number of para-hydroxylation sites is 1. The topological polar surface area (TPSA) is 108 Å². The number of nitrogens with one attached hydrogen (secondary N) is 1. The van der Waals surface area contributed by atoms with E-state index in [0.29, 0.717) is 16.1 Å². The van der Waals surface area contributed by atoms with Crippen molar-refractivity contribution in [3.05, 3.63) is 82.4 Å². The molecule has 0 unspecified atom stereocenters. The largest absolute Gasteiger partial charge is 0.504 e. The van der Waals surface area contributed by atoms with Crippen molar-refractivity contribution in [1.82, 2.24) is 5.43 Å². The van der Waals surface area contributed by atoms with Crippen molar-refractivity contribution in [1.29, 1.82) is 0 Å². The Hall–Kier alpha value is -3.56. The second-order valence-electron chi connectivity index (χ2n) is 7.45. The Labute approximate surface area is 203 Å². The highest BCUT2D eigenvalue weighted by Crippen LogP contribution is 2.30. The number of hydrogen-bond acceptors (Lipinski definition) is 6. The van der Waals surface area contributed by atoms with Crippen LogP contribution in [0.4, 0.5) is 5.69 Å². The maximum Gasteiger partial charge on any atom is 0.264 e. The lowest BCUT2D eigenvalue weighted by atomic mass is 10.2. The van der Waals surface area contributed by atoms with Gasteiger partial charge in [-0.3, -0.25) is 9.10 Å². The predicted octanol–water partition coefficient (Wildman–Crippen LogP) is 4.02. The number of hydrazone groups is 1. The Morgan fingerprint density at radius 3 is 2.53 bits per heavy atom. The van der Waals surface area contributed by atoms with Crippen molar-refractivity contribution in [2.24, 2.45) is 5.10 Å². The average Bonchev–Trinajstić information content (AvgIpc) is 2.80. The molecule has 3 aromatic rings. The maximum atomic E-state index is 13.5. The minimum atomic E-state index is -4.09. The van der Waals surface area contributed by atoms with E-state index in [1.165, 1.54) is 31.5 Å². The summed E-state index contributed by atoms with van der Waals surface area (Å²) in [6, 6.07) is 16.0. The number of carbonyl (C=O) groups excluding carboxylic acids is 1. The zero-order valence-corrected chi connectivity index (χ0v) is 20.4. The third kappa shape index (κ3) is 5.67. The van der Waals surface area contributed by atoms with Gasteiger partial charge in [0.05, 0.1) is 23.9 Å². The fourth-order valence-electron chi connectivity index (χ4n) is 3.14. The number of phenols is 1. The summed E-state index contributed by atoms with van der Waals surface area (Å²) in [7, 11) is -2.68. The summed E-state index contributed by atoms with van der Waals surface area (Å²) in [4.78, 5) is 12.7. The number of aromatic hydroxyl groups is 1. The molecule has 0 heterocycles. The van der Waals surface area contributed by atoms with Crippen LogP contribution >= 0.6 is 11.6 Å². The third-order valence-electron chi connectivity index (χ3n) is 4.98. The molecule has 3 rings (SSSR count). The van der Waals surface area contributed by atoms with Gasteiger partial charge in [0.15, 0.2) is 11.5 Å². The fourth-order valence-corrected chi connectivity index (χ4v) is 4.78. The van der Waals surface area contributed by atoms with Crippen molar-refractivity contribution < 1.29 is 23.1 Å². The number of amides is 1. The van der Waals surface area contributed by atoms with Crippen LogP contribution in [-0.4, -0.2) is 39.3 Å². The molecule has 0 spiro atoms. The number of phenolic OH excluding ortho intramolecular Hbond substituents is 1. The normalized spacial score (nSPS) is 11.4. The van der Waals surface area contributed by atoms with Crippen LogP contribution in [0.15, 0.2) is 70.7 Å². The number of ether oxygens (including phenoxy) is 1. The number of carbonyl (C=O) groups is 1. The van der Waals surface area contributed by atoms with Crippen LogP contribution in [0.3, 0.4) is 0 Å². The quantitative estimate of drug-likeness (QED) is 0.358. The van der Waals surface area contributed by atoms with Crippen LogP contribution in [0.1, 0.15) is 16.7 Å². The van der Waals surface area contributed by atoms with Gasteiger partial charge >= 0.3 is 0 Å². The minimum Gasteiger partial charge on any atom is -0.504 e. The molecule has 0 bridgehead atoms. The van der Waals surface area contributed by atoms with Gasteiger partial charge in [0.25, 0.3) is 15.9 Å². The van der Waals surface area contributed by atoms with Gasteiger partial charge < -0.3 is 9.84 Å². The van der Waals surface area contributed by atoms with Crippen LogP contribution < -0.4 is 14.5 Å². The van der Waals surface area contributed by atoms with E-state index in [9.17, 15) is 18.3 Å². The summed E-state index contributed by atoms with van der Waals surface area (Å²) in [5.74, 6) is -0.572. The molecule has 10 heteroatoms. The summed E-state index contributed by atoms with van der Waals surface area (Å²) in [6.45, 7) is 3.03. The van der Waals surface area contributed by atoms with Gasteiger partial charge in [-0.25, -0.2) is 13.8 Å². The molecule has 0 fully saturated rings. The molecular weight excluding hydrogens is 478 g/mol. The second-order valence-corrected chi connectivity index (χ2v) is 9.75. The molecule has 0 aliphatic heterocycles. The molecule has 8 nitrogen and oxygen atoms in total. The first kappa shape index (κ1) is 25.1. The lowest BCUT2D eigenvalue weighted by Gasteiger charge is -2.25. The highest BCUT2D eigenvalue weighted by atomic mass is 35.5. The lowest BCUT2D eigenvalue weighted by Crippen LogP contribution is -2.40. The number of methoxy groups -OCH3 is 1. The van der Waals surface area contributed by atoms with Gasteiger partial charge in [0.1, 0.15) is 6.54 Å². The number of aryl methyl sites for hydroxylation is 2. The van der Waals surface area contributed by atoms with Crippen molar-refractivity contribution in [2.45, 2.75) is 18.7 Å². The van der Waals surface area contributed by atoms with Gasteiger partial charge in [-0.15, -0.1) is 0 Å². The van der Waals surface area contributed by atoms with Gasteiger partial charge in [0.2, 0.25) is 0 Å². The van der Waals surface area contributed by atoms with Gasteiger partial charge in [-0.2, -0.15) is 5.10 Å². The van der Waals surface area contributed by atoms with Gasteiger partial charge in [-0.05, 0) is 55.8 Å². The number of halogens is 1. The molecule has 0 atom stereocenters. The smallest absolute Gasteiger partial charge is 0.264 e. The number of sulfonamides is 1. The number of benzene rings is 3. The minimum absolute atomic E-state index is 0.0371. The molecule has 1 amide bonds. The molecule has 0 aliphatic carbocycles. The molecule has 2 N–H and O–H groups in total. The van der Waals surface area contributed by atoms with E-state index in [4.69, 9.17) is 16.3 Å². The van der Waals surface area contributed by atoms with Crippen LogP contribution in [-0.2, 0) is 14.8 Å². The number of anilines is 1. The first-order valence-corrected chi connectivity index (χ1v) is 12.0. The van der Waals surface area contributed by atoms with Crippen LogP contribution in [0.5, 0.6) is 11.5 Å². The third-order valence-corrected chi connectivity index (χ3v) is 6.99. The zero-order valence-electron chi connectivity index (χ0n) is 18.8. The lowest BCUT2D eigenvalue weighted by molar-refractivity contribution is -0.119. The van der Waals surface area contributed by atoms with Crippen LogP contribution in [0.25, 0.3) is 0 Å². The molecule has 34 heavy (non-hydrogen) atoms. The molecule has 0 aliphatic rings. The molecule has 0 aromatic heterocycles. The standard InChI is InChI=1S/C24H24ClN3O5S/c1-16-7-11-20(12-8-16)34(31,32)28(21-13-19(25)10-9-17(21)2)15-23(29)27-26-14-18-5-4-6-22(33-3)24(18)30/h4-14,30H,15H2,1-3H3,(H,27,29)/b26-14-. The van der Waals surface area contributed by atoms with E-state index in [2.05, 4.69) is 10.5 Å². The van der Waals surface area contributed by atoms with E-state index in [1.54, 1.807) is 49.4 Å². The average molecular weight is 502 g/mol. The maximum absolute atomic E-state index is 13.5. The van der Waals surface area contributed by atoms with Gasteiger partial charge in [0, 0.05) is 10.6 Å². The molecule has 3 aromatic carbocycles. The van der Waals surface area contributed by atoms with Crippen LogP contribution in [0.2, 0.25) is 5.02 Å². The van der Waals surface area contributed by atoms with E-state index in [1.807, 2.05) is 6.92 Å². The first-order valence-electron chi connectivity index (χ1n) is 10.2. The van der Waals surface area contributed by atoms with Crippen molar-refractivity contribution in [2.75, 3.05) is 18.0 Å². The number of nitrogens with zero attached hydrogens (tertiary/aromatic N) is 2. The Bertz CT molecular complexity index is 1320. The first-order chi connectivity index (χ1) is 16.1. The summed E-state index contributed by atoms with van der Waals surface area (Å²) in [5, 5.41) is 14.3. The Morgan fingerprint density at radius 1 is 1.15 bits per heavy atom. The SMILES string of the molecule is COc1cccc(/C=N\NC(=O)CN(c2cc(Cl)ccc2C)S(=O)(=O)c2ccc(C)cc2)c1O. The van der Waals surface area contributed by atoms with Gasteiger partial charge in [-0.1, -0.05) is 41.4 Å². The second kappa shape index (κ2) is 10.6. The number of hydrogen-bond donors (Lipinski definition) is 2. The monoisotopic (exact) mass is 501 g/mol. The summed E-state index contributed by atoms with van der Waals surface area (Å²) in [5.41, 5.74) is 4.42. The van der Waals surface area contributed by atoms with Crippen molar-refractivity contribution in [3.8, 4) is 11.5 Å². The van der Waals surface area contributed by atoms with E-state index in [0.717, 1.165) is 9.87 Å². The van der Waals surface area contributed by atoms with Crippen molar-refractivity contribution in [3.63, 3.8) is 0 Å². The van der Waals surface area contributed by atoms with E-state index < -0.39 is 22.5 Å². The Kier molecular flexibility index (Phi) is 7.80. The Morgan fingerprint density at radius 2 is 1.85 bits per heavy atom. The fraction of sp³-hybridized carbons (Fsp3) is 0.167. The molecule has 178 valence electrons. The summed E-state index contributed by atoms with van der Waals surface area (Å²) >= 11 is 6.13. The highest BCUT2D eigenvalue weighted by Gasteiger charge is 2.28. The predicted molar refractivity (Wildman–Crippen MR) is 132 cm³/mol. The van der Waals surface area contributed by atoms with E-state index >= 15 is 0 Å². The molecule has 0 saturated carbocycles. The molecule has 0 saturated heterocycles. The highest BCUT2D eigenvalue weighted by molar-refractivity contribution is 7.92. The van der Waals surface area contributed by atoms with Crippen LogP contribution in [0, 0.1) is 13.8 Å². The van der Waals surface area contributed by atoms with E-state index in [-0.39, 0.29) is 22.1 Å². The Balaban J connectivity index is 1.89.